The molecule has 0 unspecified atom stereocenters. The van der Waals surface area contributed by atoms with Crippen molar-refractivity contribution in [1.29, 1.82) is 0 Å². The third kappa shape index (κ3) is 3.19. The molecule has 1 aromatic carbocycles. The van der Waals surface area contributed by atoms with Crippen molar-refractivity contribution in [1.82, 2.24) is 0 Å². The molecule has 0 saturated heterocycles. The van der Waals surface area contributed by atoms with Crippen LogP contribution < -0.4 is 3.69 Å². The second-order valence-electron chi connectivity index (χ2n) is 1.76. The maximum absolute atomic E-state index is 12.3. The fourth-order valence-corrected chi connectivity index (χ4v) is 1.62. The molecule has 4 heteroatoms. The van der Waals surface area contributed by atoms with Crippen LogP contribution in [-0.2, 0) is 0 Å². The first kappa shape index (κ1) is 10.7. The van der Waals surface area contributed by atoms with Crippen LogP contribution in [0.15, 0.2) is 24.3 Å². The SMILES string of the molecule is Br.Fc1ccc[c]([Mg][Cl])c1. The first-order valence-corrected chi connectivity index (χ1v) is 5.48. The van der Waals surface area contributed by atoms with Gasteiger partial charge in [-0.25, -0.2) is 4.39 Å². The lowest BCUT2D eigenvalue weighted by Gasteiger charge is -1.91. The second-order valence-corrected chi connectivity index (χ2v) is 3.65. The largest absolute Gasteiger partial charge is 0.538 e. The Morgan fingerprint density at radius 1 is 1.40 bits per heavy atom. The quantitative estimate of drug-likeness (QED) is 0.653. The smallest absolute Gasteiger partial charge is 0.336 e. The van der Waals surface area contributed by atoms with Crippen LogP contribution in [0.1, 0.15) is 0 Å². The van der Waals surface area contributed by atoms with Gasteiger partial charge in [0.2, 0.25) is 0 Å². The maximum Gasteiger partial charge on any atom is 0.538 e. The van der Waals surface area contributed by atoms with Crippen molar-refractivity contribution in [3.8, 4) is 0 Å². The Morgan fingerprint density at radius 3 is 2.50 bits per heavy atom. The van der Waals surface area contributed by atoms with Crippen LogP contribution in [0.2, 0.25) is 0 Å². The van der Waals surface area contributed by atoms with E-state index in [1.165, 1.54) is 12.1 Å². The molecular formula is C6H5BrClFMg. The van der Waals surface area contributed by atoms with Crippen molar-refractivity contribution in [3.05, 3.63) is 30.1 Å². The van der Waals surface area contributed by atoms with Gasteiger partial charge in [-0.1, -0.05) is 18.2 Å². The molecule has 0 amide bonds. The number of halogens is 3. The van der Waals surface area contributed by atoms with Gasteiger partial charge >= 0.3 is 19.3 Å². The summed E-state index contributed by atoms with van der Waals surface area (Å²) in [5.74, 6) is -0.194. The van der Waals surface area contributed by atoms with Gasteiger partial charge in [0.25, 0.3) is 0 Å². The van der Waals surface area contributed by atoms with E-state index in [2.05, 4.69) is 0 Å². The number of rotatable bonds is 1. The molecule has 0 heterocycles. The summed E-state index contributed by atoms with van der Waals surface area (Å²) < 4.78 is 13.3. The van der Waals surface area contributed by atoms with Gasteiger partial charge in [-0.2, -0.15) is 0 Å². The molecule has 0 bridgehead atoms. The standard InChI is InChI=1S/C6H4F.BrH.ClH.Mg/c7-6-4-2-1-3-5-6;;;/h1-2,4-5H;2*1H;/q;;;+1/p-1. The molecule has 0 spiro atoms. The summed E-state index contributed by atoms with van der Waals surface area (Å²) in [6, 6.07) is 6.44. The first-order valence-electron chi connectivity index (χ1n) is 2.63. The average molecular weight is 236 g/mol. The topological polar surface area (TPSA) is 0 Å². The number of hydrogen-bond donors (Lipinski definition) is 0. The van der Waals surface area contributed by atoms with E-state index in [1.807, 2.05) is 6.07 Å². The summed E-state index contributed by atoms with van der Waals surface area (Å²) in [6.45, 7) is 0. The van der Waals surface area contributed by atoms with Gasteiger partial charge in [0, 0.05) is 0 Å². The lowest BCUT2D eigenvalue weighted by molar-refractivity contribution is 0.629. The van der Waals surface area contributed by atoms with Gasteiger partial charge in [-0.05, 0) is 6.07 Å². The highest BCUT2D eigenvalue weighted by Gasteiger charge is 1.94. The summed E-state index contributed by atoms with van der Waals surface area (Å²) in [4.78, 5) is 0. The molecule has 0 aromatic heterocycles. The van der Waals surface area contributed by atoms with Gasteiger partial charge in [-0.15, -0.1) is 20.7 Å². The normalized spacial score (nSPS) is 7.80. The van der Waals surface area contributed by atoms with Gasteiger partial charge in [-0.3, -0.25) is 0 Å². The zero-order chi connectivity index (χ0) is 6.69. The molecule has 0 N–H and O–H groups in total. The predicted octanol–water partition coefficient (Wildman–Crippen LogP) is 1.89. The molecule has 0 aliphatic rings. The molecule has 0 atom stereocenters. The van der Waals surface area contributed by atoms with Gasteiger partial charge in [0.05, 0.1) is 0 Å². The van der Waals surface area contributed by atoms with Crippen LogP contribution >= 0.6 is 26.1 Å². The first-order chi connectivity index (χ1) is 4.33. The Morgan fingerprint density at radius 2 is 2.10 bits per heavy atom. The summed E-state index contributed by atoms with van der Waals surface area (Å²) in [5, 5.41) is 0. The van der Waals surface area contributed by atoms with E-state index in [4.69, 9.17) is 9.07 Å². The van der Waals surface area contributed by atoms with Crippen LogP contribution in [0.25, 0.3) is 0 Å². The van der Waals surface area contributed by atoms with Crippen LogP contribution in [-0.4, -0.2) is 19.3 Å². The molecule has 0 fully saturated rings. The van der Waals surface area contributed by atoms with Gasteiger partial charge in [0.15, 0.2) is 0 Å². The summed E-state index contributed by atoms with van der Waals surface area (Å²) in [6.07, 6.45) is 0. The minimum absolute atomic E-state index is 0. The fourth-order valence-electron chi connectivity index (χ4n) is 0.620. The van der Waals surface area contributed by atoms with E-state index in [-0.39, 0.29) is 22.8 Å². The lowest BCUT2D eigenvalue weighted by atomic mass is 10.3. The van der Waals surface area contributed by atoms with Crippen molar-refractivity contribution in [3.63, 3.8) is 0 Å². The van der Waals surface area contributed by atoms with Crippen molar-refractivity contribution >= 4 is 49.0 Å². The van der Waals surface area contributed by atoms with Crippen LogP contribution in [0.4, 0.5) is 4.39 Å². The molecule has 52 valence electrons. The lowest BCUT2D eigenvalue weighted by Crippen LogP contribution is -2.07. The Labute approximate surface area is 83.0 Å². The Bertz CT molecular complexity index is 207. The van der Waals surface area contributed by atoms with Crippen molar-refractivity contribution < 1.29 is 4.39 Å². The van der Waals surface area contributed by atoms with Crippen molar-refractivity contribution in [2.45, 2.75) is 0 Å². The summed E-state index contributed by atoms with van der Waals surface area (Å²) >= 11 is -0.698. The van der Waals surface area contributed by atoms with E-state index in [0.717, 1.165) is 3.69 Å². The summed E-state index contributed by atoms with van der Waals surface area (Å²) in [7, 11) is 5.57. The Hall–Kier alpha value is 0.686. The van der Waals surface area contributed by atoms with Crippen molar-refractivity contribution in [2.24, 2.45) is 0 Å². The molecule has 1 aromatic rings. The van der Waals surface area contributed by atoms with E-state index in [9.17, 15) is 4.39 Å². The van der Waals surface area contributed by atoms with Gasteiger partial charge in [0.1, 0.15) is 5.82 Å². The zero-order valence-corrected chi connectivity index (χ0v) is 9.06. The molecule has 1 rings (SSSR count). The molecule has 10 heavy (non-hydrogen) atoms. The molecule has 0 nitrogen and oxygen atoms in total. The van der Waals surface area contributed by atoms with Crippen LogP contribution in [0, 0.1) is 5.82 Å². The molecule has 0 saturated carbocycles. The third-order valence-corrected chi connectivity index (χ3v) is 2.72. The number of hydrogen-bond acceptors (Lipinski definition) is 0. The predicted molar refractivity (Wildman–Crippen MR) is 48.0 cm³/mol. The average Bonchev–Trinajstić information content (AvgIpc) is 1.88. The molecule has 0 aliphatic heterocycles. The van der Waals surface area contributed by atoms with Crippen molar-refractivity contribution in [2.75, 3.05) is 0 Å². The minimum atomic E-state index is -0.698. The minimum Gasteiger partial charge on any atom is -0.336 e. The van der Waals surface area contributed by atoms with E-state index in [1.54, 1.807) is 6.07 Å². The highest BCUT2D eigenvalue weighted by atomic mass is 79.9. The van der Waals surface area contributed by atoms with Crippen LogP contribution in [0.3, 0.4) is 0 Å². The Balaban J connectivity index is 0.000000810. The van der Waals surface area contributed by atoms with E-state index in [0.29, 0.717) is 0 Å². The zero-order valence-electron chi connectivity index (χ0n) is 5.18. The van der Waals surface area contributed by atoms with E-state index >= 15 is 0 Å². The van der Waals surface area contributed by atoms with Gasteiger partial charge < -0.3 is 9.07 Å². The monoisotopic (exact) mass is 234 g/mol. The highest BCUT2D eigenvalue weighted by Crippen LogP contribution is 1.91. The molecule has 0 aliphatic carbocycles. The van der Waals surface area contributed by atoms with E-state index < -0.39 is 19.3 Å². The fraction of sp³-hybridized carbons (Fsp3) is 0. The number of benzene rings is 1. The maximum atomic E-state index is 12.3. The Kier molecular flexibility index (Phi) is 5.72. The van der Waals surface area contributed by atoms with Crippen LogP contribution in [0.5, 0.6) is 0 Å². The molecule has 0 radical (unpaired) electrons. The molecular weight excluding hydrogens is 231 g/mol. The second kappa shape index (κ2) is 5.35. The highest BCUT2D eigenvalue weighted by molar-refractivity contribution is 8.93. The third-order valence-electron chi connectivity index (χ3n) is 1.04. The summed E-state index contributed by atoms with van der Waals surface area (Å²) in [5.41, 5.74) is 0.